The van der Waals surface area contributed by atoms with Crippen LogP contribution in [0.5, 0.6) is 5.75 Å². The number of hydrogen-bond acceptors (Lipinski definition) is 4. The number of benzene rings is 3. The summed E-state index contributed by atoms with van der Waals surface area (Å²) in [5, 5.41) is 15.7. The van der Waals surface area contributed by atoms with Crippen LogP contribution in [0.3, 0.4) is 0 Å². The second kappa shape index (κ2) is 7.08. The molecule has 0 radical (unpaired) electrons. The molecule has 0 aliphatic carbocycles. The summed E-state index contributed by atoms with van der Waals surface area (Å²) in [6, 6.07) is 20.7. The van der Waals surface area contributed by atoms with Gasteiger partial charge in [0.25, 0.3) is 0 Å². The number of aromatic hydroxyl groups is 1. The van der Waals surface area contributed by atoms with Crippen molar-refractivity contribution in [2.24, 2.45) is 5.41 Å². The molecular weight excluding hydrogens is 326 g/mol. The Labute approximate surface area is 153 Å². The van der Waals surface area contributed by atoms with Gasteiger partial charge in [-0.05, 0) is 42.3 Å². The highest BCUT2D eigenvalue weighted by molar-refractivity contribution is 5.88. The molecule has 2 N–H and O–H groups in total. The zero-order valence-corrected chi connectivity index (χ0v) is 15.2. The van der Waals surface area contributed by atoms with E-state index < -0.39 is 11.5 Å². The molecule has 0 heterocycles. The number of rotatable bonds is 5. The molecule has 0 amide bonds. The summed E-state index contributed by atoms with van der Waals surface area (Å²) in [6.07, 6.45) is 0. The van der Waals surface area contributed by atoms with Gasteiger partial charge >= 0.3 is 5.97 Å². The van der Waals surface area contributed by atoms with Gasteiger partial charge in [0.15, 0.2) is 0 Å². The van der Waals surface area contributed by atoms with E-state index in [1.54, 1.807) is 18.2 Å². The van der Waals surface area contributed by atoms with E-state index in [4.69, 9.17) is 4.74 Å². The zero-order valence-electron chi connectivity index (χ0n) is 15.2. The second-order valence-corrected chi connectivity index (χ2v) is 6.88. The maximum atomic E-state index is 12.5. The zero-order chi connectivity index (χ0) is 18.7. The lowest BCUT2D eigenvalue weighted by Gasteiger charge is -2.34. The third-order valence-electron chi connectivity index (χ3n) is 4.77. The first-order chi connectivity index (χ1) is 12.4. The Bertz CT molecular complexity index is 928. The molecule has 0 unspecified atom stereocenters. The third-order valence-corrected chi connectivity index (χ3v) is 4.77. The number of para-hydroxylation sites is 2. The maximum Gasteiger partial charge on any atom is 0.313 e. The van der Waals surface area contributed by atoms with Crippen LogP contribution in [0.2, 0.25) is 0 Å². The molecule has 26 heavy (non-hydrogen) atoms. The summed E-state index contributed by atoms with van der Waals surface area (Å²) in [7, 11) is 1.39. The third kappa shape index (κ3) is 3.23. The lowest BCUT2D eigenvalue weighted by atomic mass is 9.78. The van der Waals surface area contributed by atoms with E-state index in [1.165, 1.54) is 7.11 Å². The molecule has 0 saturated heterocycles. The van der Waals surface area contributed by atoms with Crippen LogP contribution in [0.15, 0.2) is 66.7 Å². The van der Waals surface area contributed by atoms with Crippen molar-refractivity contribution in [3.8, 4) is 5.75 Å². The number of phenols is 1. The number of phenolic OH excluding ortho intramolecular Hbond substituents is 1. The largest absolute Gasteiger partial charge is 0.506 e. The first-order valence-electron chi connectivity index (χ1n) is 8.55. The summed E-state index contributed by atoms with van der Waals surface area (Å²) in [6.45, 7) is 3.69. The second-order valence-electron chi connectivity index (χ2n) is 6.88. The molecular formula is C22H23NO3. The van der Waals surface area contributed by atoms with Gasteiger partial charge in [-0.15, -0.1) is 0 Å². The number of fused-ring (bicyclic) bond motifs is 1. The van der Waals surface area contributed by atoms with Crippen molar-refractivity contribution in [2.75, 3.05) is 12.4 Å². The van der Waals surface area contributed by atoms with Gasteiger partial charge in [0.1, 0.15) is 5.75 Å². The minimum atomic E-state index is -0.860. The maximum absolute atomic E-state index is 12.5. The van der Waals surface area contributed by atoms with Gasteiger partial charge in [-0.25, -0.2) is 0 Å². The molecule has 4 nitrogen and oxygen atoms in total. The molecule has 0 aliphatic heterocycles. The first-order valence-corrected chi connectivity index (χ1v) is 8.55. The van der Waals surface area contributed by atoms with Gasteiger partial charge in [0, 0.05) is 0 Å². The Balaban J connectivity index is 2.17. The van der Waals surface area contributed by atoms with Crippen LogP contribution in [0.4, 0.5) is 5.69 Å². The van der Waals surface area contributed by atoms with Gasteiger partial charge in [-0.2, -0.15) is 0 Å². The fourth-order valence-electron chi connectivity index (χ4n) is 3.28. The van der Waals surface area contributed by atoms with Crippen LogP contribution < -0.4 is 5.32 Å². The molecule has 0 saturated carbocycles. The fraction of sp³-hybridized carbons (Fsp3) is 0.227. The molecule has 0 aromatic heterocycles. The van der Waals surface area contributed by atoms with E-state index >= 15 is 0 Å². The Morgan fingerprint density at radius 3 is 2.38 bits per heavy atom. The molecule has 3 aromatic rings. The van der Waals surface area contributed by atoms with E-state index in [2.05, 4.69) is 5.32 Å². The van der Waals surface area contributed by atoms with Crippen molar-refractivity contribution in [2.45, 2.75) is 19.9 Å². The Morgan fingerprint density at radius 1 is 1.00 bits per heavy atom. The molecule has 0 aliphatic rings. The summed E-state index contributed by atoms with van der Waals surface area (Å²) >= 11 is 0. The number of carbonyl (C=O) groups is 1. The first kappa shape index (κ1) is 17.8. The molecule has 0 bridgehead atoms. The van der Waals surface area contributed by atoms with E-state index in [-0.39, 0.29) is 11.7 Å². The number of ether oxygens (including phenoxy) is 1. The van der Waals surface area contributed by atoms with Crippen molar-refractivity contribution in [1.82, 2.24) is 0 Å². The number of methoxy groups -OCH3 is 1. The molecule has 0 spiro atoms. The molecule has 4 heteroatoms. The number of carbonyl (C=O) groups excluding carboxylic acids is 1. The Morgan fingerprint density at radius 2 is 1.65 bits per heavy atom. The minimum Gasteiger partial charge on any atom is -0.506 e. The van der Waals surface area contributed by atoms with Crippen LogP contribution in [-0.2, 0) is 9.53 Å². The van der Waals surface area contributed by atoms with Crippen LogP contribution in [-0.4, -0.2) is 18.2 Å². The van der Waals surface area contributed by atoms with Gasteiger partial charge < -0.3 is 15.2 Å². The summed E-state index contributed by atoms with van der Waals surface area (Å²) in [5.41, 5.74) is 0.686. The summed E-state index contributed by atoms with van der Waals surface area (Å²) in [5.74, 6) is -0.184. The van der Waals surface area contributed by atoms with Crippen LogP contribution in [0, 0.1) is 5.41 Å². The topological polar surface area (TPSA) is 58.6 Å². The predicted molar refractivity (Wildman–Crippen MR) is 104 cm³/mol. The highest BCUT2D eigenvalue weighted by Gasteiger charge is 2.40. The summed E-state index contributed by atoms with van der Waals surface area (Å²) in [4.78, 5) is 12.5. The van der Waals surface area contributed by atoms with Crippen LogP contribution >= 0.6 is 0 Å². The van der Waals surface area contributed by atoms with Crippen molar-refractivity contribution >= 4 is 22.4 Å². The Kier molecular flexibility index (Phi) is 4.85. The van der Waals surface area contributed by atoms with Crippen LogP contribution in [0.1, 0.15) is 25.5 Å². The average Bonchev–Trinajstić information content (AvgIpc) is 2.66. The molecule has 1 atom stereocenters. The van der Waals surface area contributed by atoms with E-state index in [9.17, 15) is 9.90 Å². The average molecular weight is 349 g/mol. The van der Waals surface area contributed by atoms with Gasteiger partial charge in [-0.1, -0.05) is 54.6 Å². The van der Waals surface area contributed by atoms with E-state index in [0.717, 1.165) is 16.3 Å². The van der Waals surface area contributed by atoms with E-state index in [1.807, 2.05) is 62.4 Å². The quantitative estimate of drug-likeness (QED) is 0.508. The highest BCUT2D eigenvalue weighted by atomic mass is 16.5. The number of nitrogens with one attached hydrogen (secondary N) is 1. The van der Waals surface area contributed by atoms with Gasteiger partial charge in [0.2, 0.25) is 0 Å². The predicted octanol–water partition coefficient (Wildman–Crippen LogP) is 4.90. The van der Waals surface area contributed by atoms with Crippen molar-refractivity contribution < 1.29 is 14.6 Å². The fourth-order valence-corrected chi connectivity index (χ4v) is 3.28. The SMILES string of the molecule is COC(=O)C(C)(C)[C@H](Nc1ccccc1O)c1cccc2ccccc12. The van der Waals surface area contributed by atoms with Crippen LogP contribution in [0.25, 0.3) is 10.8 Å². The number of hydrogen-bond donors (Lipinski definition) is 2. The van der Waals surface area contributed by atoms with Crippen molar-refractivity contribution in [3.63, 3.8) is 0 Å². The van der Waals surface area contributed by atoms with Crippen molar-refractivity contribution in [1.29, 1.82) is 0 Å². The molecule has 134 valence electrons. The lowest BCUT2D eigenvalue weighted by molar-refractivity contribution is -0.151. The standard InChI is InChI=1S/C22H23NO3/c1-22(2,21(25)26-3)20(23-18-13-6-7-14-19(18)24)17-12-8-10-15-9-4-5-11-16(15)17/h4-14,20,23-24H,1-3H3/t20-/m1/s1. The summed E-state index contributed by atoms with van der Waals surface area (Å²) < 4.78 is 5.06. The van der Waals surface area contributed by atoms with Gasteiger partial charge in [0.05, 0.1) is 24.3 Å². The lowest BCUT2D eigenvalue weighted by Crippen LogP contribution is -2.37. The minimum absolute atomic E-state index is 0.137. The molecule has 3 rings (SSSR count). The smallest absolute Gasteiger partial charge is 0.313 e. The normalized spacial score (nSPS) is 12.6. The molecule has 3 aromatic carbocycles. The number of esters is 1. The van der Waals surface area contributed by atoms with Crippen molar-refractivity contribution in [3.05, 3.63) is 72.3 Å². The van der Waals surface area contributed by atoms with Gasteiger partial charge in [-0.3, -0.25) is 4.79 Å². The highest BCUT2D eigenvalue weighted by Crippen LogP contribution is 2.41. The molecule has 0 fully saturated rings. The monoisotopic (exact) mass is 349 g/mol. The van der Waals surface area contributed by atoms with E-state index in [0.29, 0.717) is 5.69 Å². The Hall–Kier alpha value is -3.01. The number of anilines is 1.